The van der Waals surface area contributed by atoms with E-state index in [1.165, 1.54) is 24.3 Å². The van der Waals surface area contributed by atoms with Crippen molar-refractivity contribution in [3.05, 3.63) is 47.2 Å². The van der Waals surface area contributed by atoms with Crippen LogP contribution in [0.15, 0.2) is 41.4 Å². The number of halogens is 4. The van der Waals surface area contributed by atoms with Crippen molar-refractivity contribution in [2.75, 3.05) is 5.75 Å². The van der Waals surface area contributed by atoms with Crippen LogP contribution in [0.1, 0.15) is 5.69 Å². The van der Waals surface area contributed by atoms with E-state index in [1.54, 1.807) is 0 Å². The van der Waals surface area contributed by atoms with Crippen LogP contribution in [-0.4, -0.2) is 35.2 Å². The Kier molecular flexibility index (Phi) is 5.02. The van der Waals surface area contributed by atoms with Crippen molar-refractivity contribution in [3.63, 3.8) is 0 Å². The normalized spacial score (nSPS) is 14.0. The van der Waals surface area contributed by atoms with E-state index in [4.69, 9.17) is 11.6 Å². The molecule has 0 radical (unpaired) electrons. The van der Waals surface area contributed by atoms with Gasteiger partial charge >= 0.3 is 6.18 Å². The highest BCUT2D eigenvalue weighted by molar-refractivity contribution is 7.91. The molecule has 1 atom stereocenters. The molecule has 0 saturated heterocycles. The highest BCUT2D eigenvalue weighted by Crippen LogP contribution is 2.27. The molecule has 1 N–H and O–H groups in total. The van der Waals surface area contributed by atoms with Crippen LogP contribution in [0.4, 0.5) is 13.2 Å². The second-order valence-corrected chi connectivity index (χ2v) is 7.28. The van der Waals surface area contributed by atoms with E-state index < -0.39 is 33.6 Å². The first-order valence-electron chi connectivity index (χ1n) is 6.35. The molecule has 2 aromatic rings. The van der Waals surface area contributed by atoms with Crippen LogP contribution < -0.4 is 0 Å². The molecular formula is C13H12ClF3N2O3S. The van der Waals surface area contributed by atoms with Gasteiger partial charge in [-0.1, -0.05) is 11.6 Å². The van der Waals surface area contributed by atoms with Gasteiger partial charge in [-0.25, -0.2) is 8.42 Å². The Balaban J connectivity index is 2.05. The Labute approximate surface area is 135 Å². The zero-order valence-corrected chi connectivity index (χ0v) is 13.1. The van der Waals surface area contributed by atoms with E-state index in [0.717, 1.165) is 16.9 Å². The molecule has 0 fully saturated rings. The van der Waals surface area contributed by atoms with Crippen LogP contribution in [-0.2, 0) is 22.6 Å². The third-order valence-electron chi connectivity index (χ3n) is 2.91. The van der Waals surface area contributed by atoms with Gasteiger partial charge in [0.1, 0.15) is 0 Å². The lowest BCUT2D eigenvalue weighted by Gasteiger charge is -2.12. The topological polar surface area (TPSA) is 72.2 Å². The van der Waals surface area contributed by atoms with E-state index in [1.807, 2.05) is 0 Å². The molecule has 0 aliphatic rings. The first-order valence-corrected chi connectivity index (χ1v) is 8.38. The Bertz CT molecular complexity index is 773. The van der Waals surface area contributed by atoms with Gasteiger partial charge in [-0.2, -0.15) is 18.3 Å². The molecule has 0 aliphatic carbocycles. The fraction of sp³-hybridized carbons (Fsp3) is 0.308. The number of aliphatic hydroxyl groups is 1. The summed E-state index contributed by atoms with van der Waals surface area (Å²) in [5, 5.41) is 13.4. The highest BCUT2D eigenvalue weighted by Gasteiger charge is 2.33. The first kappa shape index (κ1) is 17.8. The van der Waals surface area contributed by atoms with Gasteiger partial charge in [-0.05, 0) is 30.3 Å². The zero-order valence-electron chi connectivity index (χ0n) is 11.5. The standard InChI is InChI=1S/C13H12ClF3N2O3S/c14-9-1-3-11(4-2-9)23(21,22)8-10(20)7-19-6-5-12(18-19)13(15,16)17/h1-6,10,20H,7-8H2. The van der Waals surface area contributed by atoms with Gasteiger partial charge in [-0.15, -0.1) is 0 Å². The van der Waals surface area contributed by atoms with Crippen LogP contribution in [0.5, 0.6) is 0 Å². The summed E-state index contributed by atoms with van der Waals surface area (Å²) >= 11 is 5.67. The fourth-order valence-corrected chi connectivity index (χ4v) is 3.36. The Morgan fingerprint density at radius 3 is 2.35 bits per heavy atom. The molecule has 0 aliphatic heterocycles. The lowest BCUT2D eigenvalue weighted by molar-refractivity contribution is -0.141. The van der Waals surface area contributed by atoms with Crippen molar-refractivity contribution in [2.24, 2.45) is 0 Å². The third kappa shape index (κ3) is 4.69. The Morgan fingerprint density at radius 1 is 1.22 bits per heavy atom. The monoisotopic (exact) mass is 368 g/mol. The number of benzene rings is 1. The number of sulfone groups is 1. The molecule has 1 unspecified atom stereocenters. The summed E-state index contributed by atoms with van der Waals surface area (Å²) in [7, 11) is -3.79. The predicted octanol–water partition coefficient (Wildman–Crippen LogP) is 2.39. The van der Waals surface area contributed by atoms with E-state index in [-0.39, 0.29) is 11.4 Å². The minimum atomic E-state index is -4.59. The number of alkyl halides is 3. The minimum absolute atomic E-state index is 0.0302. The molecule has 0 bridgehead atoms. The Hall–Kier alpha value is -1.58. The number of aliphatic hydroxyl groups excluding tert-OH is 1. The maximum absolute atomic E-state index is 12.4. The summed E-state index contributed by atoms with van der Waals surface area (Å²) in [5.41, 5.74) is -1.11. The quantitative estimate of drug-likeness (QED) is 0.879. The van der Waals surface area contributed by atoms with Gasteiger partial charge in [0, 0.05) is 11.2 Å². The number of rotatable bonds is 5. The van der Waals surface area contributed by atoms with Crippen LogP contribution in [0.2, 0.25) is 5.02 Å². The Morgan fingerprint density at radius 2 is 1.83 bits per heavy atom. The summed E-state index contributed by atoms with van der Waals surface area (Å²) < 4.78 is 62.3. The lowest BCUT2D eigenvalue weighted by atomic mass is 10.4. The predicted molar refractivity (Wildman–Crippen MR) is 76.7 cm³/mol. The summed E-state index contributed by atoms with van der Waals surface area (Å²) in [5.74, 6) is -0.643. The maximum Gasteiger partial charge on any atom is 0.435 e. The van der Waals surface area contributed by atoms with Crippen LogP contribution in [0, 0.1) is 0 Å². The molecule has 2 rings (SSSR count). The molecule has 0 spiro atoms. The lowest BCUT2D eigenvalue weighted by Crippen LogP contribution is -2.26. The summed E-state index contributed by atoms with van der Waals surface area (Å²) in [6.07, 6.45) is -4.97. The number of nitrogens with zero attached hydrogens (tertiary/aromatic N) is 2. The molecule has 0 saturated carbocycles. The highest BCUT2D eigenvalue weighted by atomic mass is 35.5. The largest absolute Gasteiger partial charge is 0.435 e. The summed E-state index contributed by atoms with van der Waals surface area (Å²) in [6, 6.07) is 6.12. The van der Waals surface area contributed by atoms with E-state index in [9.17, 15) is 26.7 Å². The third-order valence-corrected chi connectivity index (χ3v) is 4.98. The van der Waals surface area contributed by atoms with Crippen molar-refractivity contribution >= 4 is 21.4 Å². The van der Waals surface area contributed by atoms with Crippen LogP contribution in [0.25, 0.3) is 0 Å². The molecule has 126 valence electrons. The number of aromatic nitrogens is 2. The molecule has 1 heterocycles. The second-order valence-electron chi connectivity index (χ2n) is 4.81. The van der Waals surface area contributed by atoms with Crippen LogP contribution >= 0.6 is 11.6 Å². The molecule has 1 aromatic carbocycles. The van der Waals surface area contributed by atoms with Crippen molar-refractivity contribution in [1.29, 1.82) is 0 Å². The van der Waals surface area contributed by atoms with Crippen molar-refractivity contribution in [3.8, 4) is 0 Å². The SMILES string of the molecule is O=S(=O)(CC(O)Cn1ccc(C(F)(F)F)n1)c1ccc(Cl)cc1. The first-order chi connectivity index (χ1) is 10.6. The van der Waals surface area contributed by atoms with Gasteiger partial charge < -0.3 is 5.11 Å². The van der Waals surface area contributed by atoms with E-state index in [2.05, 4.69) is 5.10 Å². The fourth-order valence-electron chi connectivity index (χ4n) is 1.87. The minimum Gasteiger partial charge on any atom is -0.390 e. The van der Waals surface area contributed by atoms with E-state index >= 15 is 0 Å². The van der Waals surface area contributed by atoms with E-state index in [0.29, 0.717) is 5.02 Å². The summed E-state index contributed by atoms with van der Waals surface area (Å²) in [6.45, 7) is -0.372. The molecule has 23 heavy (non-hydrogen) atoms. The summed E-state index contributed by atoms with van der Waals surface area (Å²) in [4.78, 5) is -0.0302. The van der Waals surface area contributed by atoms with Crippen LogP contribution in [0.3, 0.4) is 0 Å². The molecule has 1 aromatic heterocycles. The van der Waals surface area contributed by atoms with Gasteiger partial charge in [0.15, 0.2) is 15.5 Å². The molecular weight excluding hydrogens is 357 g/mol. The maximum atomic E-state index is 12.4. The van der Waals surface area contributed by atoms with Gasteiger partial charge in [0.25, 0.3) is 0 Å². The average molecular weight is 369 g/mol. The smallest absolute Gasteiger partial charge is 0.390 e. The van der Waals surface area contributed by atoms with Crippen molar-refractivity contribution in [1.82, 2.24) is 9.78 Å². The number of hydrogen-bond donors (Lipinski definition) is 1. The van der Waals surface area contributed by atoms with Crippen molar-refractivity contribution in [2.45, 2.75) is 23.7 Å². The van der Waals surface area contributed by atoms with Gasteiger partial charge in [0.05, 0.1) is 23.3 Å². The molecule has 0 amide bonds. The second kappa shape index (κ2) is 6.50. The zero-order chi connectivity index (χ0) is 17.3. The van der Waals surface area contributed by atoms with Crippen molar-refractivity contribution < 1.29 is 26.7 Å². The molecule has 10 heteroatoms. The van der Waals surface area contributed by atoms with Gasteiger partial charge in [-0.3, -0.25) is 4.68 Å². The number of hydrogen-bond acceptors (Lipinski definition) is 4. The van der Waals surface area contributed by atoms with Gasteiger partial charge in [0.2, 0.25) is 0 Å². The average Bonchev–Trinajstić information content (AvgIpc) is 2.86. The molecule has 5 nitrogen and oxygen atoms in total.